The topological polar surface area (TPSA) is 79.8 Å². The Kier molecular flexibility index (Phi) is 6.91. The zero-order valence-electron chi connectivity index (χ0n) is 14.8. The Morgan fingerprint density at radius 3 is 2.65 bits per heavy atom. The first-order valence-corrected chi connectivity index (χ1v) is 8.72. The first kappa shape index (κ1) is 19.7. The Bertz CT molecular complexity index is 850. The van der Waals surface area contributed by atoms with Gasteiger partial charge in [0, 0.05) is 15.7 Å². The molecule has 0 saturated carbocycles. The summed E-state index contributed by atoms with van der Waals surface area (Å²) >= 11 is 3.31. The van der Waals surface area contributed by atoms with Gasteiger partial charge in [-0.15, -0.1) is 0 Å². The second-order valence-electron chi connectivity index (χ2n) is 5.73. The van der Waals surface area contributed by atoms with Gasteiger partial charge in [-0.25, -0.2) is 5.43 Å². The van der Waals surface area contributed by atoms with Gasteiger partial charge in [-0.1, -0.05) is 28.1 Å². The monoisotopic (exact) mass is 417 g/mol. The van der Waals surface area contributed by atoms with E-state index in [-0.39, 0.29) is 18.2 Å². The molecule has 0 saturated heterocycles. The van der Waals surface area contributed by atoms with Crippen molar-refractivity contribution in [3.8, 4) is 5.75 Å². The first-order valence-electron chi connectivity index (χ1n) is 7.92. The molecule has 0 fully saturated rings. The normalized spacial score (nSPS) is 11.0. The smallest absolute Gasteiger partial charge is 0.271 e. The van der Waals surface area contributed by atoms with Gasteiger partial charge in [0.25, 0.3) is 5.91 Å². The molecule has 0 aliphatic carbocycles. The molecule has 2 aromatic carbocycles. The van der Waals surface area contributed by atoms with Gasteiger partial charge in [0.2, 0.25) is 5.91 Å². The fraction of sp³-hybridized carbons (Fsp3) is 0.211. The van der Waals surface area contributed by atoms with Crippen LogP contribution in [0.5, 0.6) is 5.75 Å². The minimum atomic E-state index is -0.341. The second kappa shape index (κ2) is 9.15. The van der Waals surface area contributed by atoms with Crippen molar-refractivity contribution in [1.82, 2.24) is 5.43 Å². The maximum Gasteiger partial charge on any atom is 0.271 e. The highest BCUT2D eigenvalue weighted by Crippen LogP contribution is 2.25. The number of halogens is 1. The van der Waals surface area contributed by atoms with E-state index in [2.05, 4.69) is 31.8 Å². The molecule has 7 heteroatoms. The molecule has 2 aromatic rings. The number of ether oxygens (including phenoxy) is 1. The second-order valence-corrected chi connectivity index (χ2v) is 6.64. The molecule has 0 atom stereocenters. The van der Waals surface area contributed by atoms with E-state index >= 15 is 0 Å². The summed E-state index contributed by atoms with van der Waals surface area (Å²) in [5.41, 5.74) is 5.02. The Labute approximate surface area is 160 Å². The summed E-state index contributed by atoms with van der Waals surface area (Å²) in [6, 6.07) is 12.5. The number of rotatable bonds is 6. The molecule has 136 valence electrons. The lowest BCUT2D eigenvalue weighted by Gasteiger charge is -2.11. The summed E-state index contributed by atoms with van der Waals surface area (Å²) < 4.78 is 6.04. The molecule has 2 amide bonds. The Morgan fingerprint density at radius 1 is 1.19 bits per heavy atom. The van der Waals surface area contributed by atoms with Crippen LogP contribution in [0, 0.1) is 6.92 Å². The van der Waals surface area contributed by atoms with E-state index in [4.69, 9.17) is 4.74 Å². The van der Waals surface area contributed by atoms with Gasteiger partial charge in [-0.2, -0.15) is 5.10 Å². The number of anilines is 1. The molecule has 0 aliphatic heterocycles. The van der Waals surface area contributed by atoms with E-state index in [1.54, 1.807) is 38.3 Å². The summed E-state index contributed by atoms with van der Waals surface area (Å²) in [6.07, 6.45) is 0.0514. The summed E-state index contributed by atoms with van der Waals surface area (Å²) in [7, 11) is 1.55. The van der Waals surface area contributed by atoms with Crippen molar-refractivity contribution in [1.29, 1.82) is 0 Å². The molecule has 0 aliphatic rings. The summed E-state index contributed by atoms with van der Waals surface area (Å²) in [4.78, 5) is 24.2. The SMILES string of the molecule is COc1ccc(C)cc1NC(=O)C/C(C)=N\NC(=O)c1cccc(Br)c1. The number of methoxy groups -OCH3 is 1. The highest BCUT2D eigenvalue weighted by atomic mass is 79.9. The molecule has 0 radical (unpaired) electrons. The Morgan fingerprint density at radius 2 is 1.96 bits per heavy atom. The van der Waals surface area contributed by atoms with Crippen molar-refractivity contribution >= 4 is 39.1 Å². The van der Waals surface area contributed by atoms with Crippen LogP contribution in [0.15, 0.2) is 52.0 Å². The van der Waals surface area contributed by atoms with Crippen molar-refractivity contribution in [2.75, 3.05) is 12.4 Å². The van der Waals surface area contributed by atoms with Crippen LogP contribution in [0.25, 0.3) is 0 Å². The molecule has 26 heavy (non-hydrogen) atoms. The number of carbonyl (C=O) groups excluding carboxylic acids is 2. The average molecular weight is 418 g/mol. The van der Waals surface area contributed by atoms with Crippen LogP contribution in [0.4, 0.5) is 5.69 Å². The number of nitrogens with one attached hydrogen (secondary N) is 2. The zero-order valence-corrected chi connectivity index (χ0v) is 16.4. The maximum absolute atomic E-state index is 12.2. The number of aryl methyl sites for hydroxylation is 1. The third-order valence-electron chi connectivity index (χ3n) is 3.48. The number of nitrogens with zero attached hydrogens (tertiary/aromatic N) is 1. The molecular weight excluding hydrogens is 398 g/mol. The zero-order chi connectivity index (χ0) is 19.1. The standard InChI is InChI=1S/C19H20BrN3O3/c1-12-7-8-17(26-3)16(9-12)21-18(24)10-13(2)22-23-19(25)14-5-4-6-15(20)11-14/h4-9,11H,10H2,1-3H3,(H,21,24)(H,23,25)/b22-13-. The number of amides is 2. The van der Waals surface area contributed by atoms with Crippen molar-refractivity contribution in [2.45, 2.75) is 20.3 Å². The van der Waals surface area contributed by atoms with Gasteiger partial charge in [0.05, 0.1) is 19.2 Å². The van der Waals surface area contributed by atoms with Crippen LogP contribution < -0.4 is 15.5 Å². The van der Waals surface area contributed by atoms with Crippen LogP contribution >= 0.6 is 15.9 Å². The molecule has 0 bridgehead atoms. The fourth-order valence-electron chi connectivity index (χ4n) is 2.23. The highest BCUT2D eigenvalue weighted by Gasteiger charge is 2.10. The maximum atomic E-state index is 12.2. The number of benzene rings is 2. The first-order chi connectivity index (χ1) is 12.4. The summed E-state index contributed by atoms with van der Waals surface area (Å²) in [6.45, 7) is 3.60. The predicted octanol–water partition coefficient (Wildman–Crippen LogP) is 3.90. The third kappa shape index (κ3) is 5.70. The van der Waals surface area contributed by atoms with E-state index in [0.29, 0.717) is 22.7 Å². The van der Waals surface area contributed by atoms with Gasteiger partial charge in [0.1, 0.15) is 5.75 Å². The van der Waals surface area contributed by atoms with Crippen LogP contribution in [0.3, 0.4) is 0 Å². The minimum absolute atomic E-state index is 0.0514. The van der Waals surface area contributed by atoms with Crippen LogP contribution in [0.2, 0.25) is 0 Å². The average Bonchev–Trinajstić information content (AvgIpc) is 2.59. The van der Waals surface area contributed by atoms with Gasteiger partial charge in [-0.3, -0.25) is 9.59 Å². The number of carbonyl (C=O) groups is 2. The number of hydrogen-bond donors (Lipinski definition) is 2. The van der Waals surface area contributed by atoms with Crippen molar-refractivity contribution in [2.24, 2.45) is 5.10 Å². The molecule has 2 rings (SSSR count). The quantitative estimate of drug-likeness (QED) is 0.552. The number of hydrazone groups is 1. The van der Waals surface area contributed by atoms with E-state index in [0.717, 1.165) is 10.0 Å². The molecule has 0 unspecified atom stereocenters. The van der Waals surface area contributed by atoms with Gasteiger partial charge < -0.3 is 10.1 Å². The molecule has 2 N–H and O–H groups in total. The van der Waals surface area contributed by atoms with Crippen LogP contribution in [0.1, 0.15) is 29.3 Å². The lowest BCUT2D eigenvalue weighted by molar-refractivity contribution is -0.115. The lowest BCUT2D eigenvalue weighted by Crippen LogP contribution is -2.21. The molecule has 0 aromatic heterocycles. The van der Waals surface area contributed by atoms with Crippen molar-refractivity contribution < 1.29 is 14.3 Å². The van der Waals surface area contributed by atoms with E-state index < -0.39 is 0 Å². The fourth-order valence-corrected chi connectivity index (χ4v) is 2.63. The lowest BCUT2D eigenvalue weighted by atomic mass is 10.2. The predicted molar refractivity (Wildman–Crippen MR) is 106 cm³/mol. The van der Waals surface area contributed by atoms with Crippen LogP contribution in [-0.4, -0.2) is 24.6 Å². The van der Waals surface area contributed by atoms with Gasteiger partial charge in [0.15, 0.2) is 0 Å². The van der Waals surface area contributed by atoms with Crippen molar-refractivity contribution in [3.05, 3.63) is 58.1 Å². The third-order valence-corrected chi connectivity index (χ3v) is 3.97. The van der Waals surface area contributed by atoms with Gasteiger partial charge >= 0.3 is 0 Å². The minimum Gasteiger partial charge on any atom is -0.495 e. The van der Waals surface area contributed by atoms with E-state index in [9.17, 15) is 9.59 Å². The molecule has 0 heterocycles. The van der Waals surface area contributed by atoms with Crippen molar-refractivity contribution in [3.63, 3.8) is 0 Å². The van der Waals surface area contributed by atoms with E-state index in [1.807, 2.05) is 25.1 Å². The van der Waals surface area contributed by atoms with E-state index in [1.165, 1.54) is 0 Å². The van der Waals surface area contributed by atoms with Gasteiger partial charge in [-0.05, 0) is 49.7 Å². The summed E-state index contributed by atoms with van der Waals surface area (Å²) in [5.74, 6) is -0.000217. The molecule has 0 spiro atoms. The molecule has 6 nitrogen and oxygen atoms in total. The van der Waals surface area contributed by atoms with Crippen LogP contribution in [-0.2, 0) is 4.79 Å². The number of hydrogen-bond acceptors (Lipinski definition) is 4. The molecular formula is C19H20BrN3O3. The highest BCUT2D eigenvalue weighted by molar-refractivity contribution is 9.10. The Hall–Kier alpha value is -2.67. The largest absolute Gasteiger partial charge is 0.495 e. The summed E-state index contributed by atoms with van der Waals surface area (Å²) in [5, 5.41) is 6.78. The Balaban J connectivity index is 1.95.